The molecule has 4 heterocycles. The standard InChI is InChI=1S/2C25H32ClN5O2.2ClH/c2*1-2-24-27-31(25(32)30(24)18-19-33-23-10-4-3-5-11-23)13-7-12-28-14-16-29(17-15-28)22-9-6-8-21(26)20-22;;/h2*3-6,8-11,20H,2,7,12-19H2,1H3;2*1H. The third-order valence-corrected chi connectivity index (χ3v) is 12.5. The lowest BCUT2D eigenvalue weighted by Gasteiger charge is -2.36. The maximum absolute atomic E-state index is 12.9. The normalized spacial score (nSPS) is 14.1. The number of hydrogen-bond donors (Lipinski definition) is 0. The number of rotatable bonds is 20. The van der Waals surface area contributed by atoms with Gasteiger partial charge in [0.1, 0.15) is 36.4 Å². The smallest absolute Gasteiger partial charge is 0.346 e. The van der Waals surface area contributed by atoms with E-state index in [1.54, 1.807) is 18.5 Å². The summed E-state index contributed by atoms with van der Waals surface area (Å²) in [6.45, 7) is 17.1. The van der Waals surface area contributed by atoms with Crippen LogP contribution in [0.4, 0.5) is 11.4 Å². The molecule has 2 aliphatic heterocycles. The van der Waals surface area contributed by atoms with Crippen LogP contribution in [0.15, 0.2) is 119 Å². The summed E-state index contributed by atoms with van der Waals surface area (Å²) >= 11 is 12.3. The van der Waals surface area contributed by atoms with Crippen molar-refractivity contribution in [1.29, 1.82) is 0 Å². The number of piperazine rings is 2. The van der Waals surface area contributed by atoms with Crippen molar-refractivity contribution in [3.63, 3.8) is 0 Å². The van der Waals surface area contributed by atoms with Gasteiger partial charge in [0.15, 0.2) is 0 Å². The fraction of sp³-hybridized carbons (Fsp3) is 0.440. The minimum atomic E-state index is -0.0470. The average Bonchev–Trinajstić information content (AvgIpc) is 3.82. The van der Waals surface area contributed by atoms with E-state index in [0.29, 0.717) is 39.4 Å². The topological polar surface area (TPSA) is 111 Å². The molecule has 0 N–H and O–H groups in total. The number of aromatic nitrogens is 6. The summed E-state index contributed by atoms with van der Waals surface area (Å²) in [5.41, 5.74) is 2.27. The lowest BCUT2D eigenvalue weighted by atomic mass is 10.2. The molecular weight excluding hydrogens is 946 g/mol. The predicted molar refractivity (Wildman–Crippen MR) is 280 cm³/mol. The van der Waals surface area contributed by atoms with Crippen LogP contribution in [0, 0.1) is 0 Å². The predicted octanol–water partition coefficient (Wildman–Crippen LogP) is 7.95. The third-order valence-electron chi connectivity index (χ3n) is 12.1. The molecule has 2 saturated heterocycles. The Labute approximate surface area is 422 Å². The van der Waals surface area contributed by atoms with Crippen LogP contribution >= 0.6 is 48.0 Å². The Hall–Kier alpha value is -4.96. The number of benzene rings is 4. The van der Waals surface area contributed by atoms with Crippen LogP contribution < -0.4 is 30.7 Å². The van der Waals surface area contributed by atoms with Gasteiger partial charge in [0, 0.05) is 113 Å². The van der Waals surface area contributed by atoms with E-state index in [9.17, 15) is 9.59 Å². The SMILES string of the molecule is CCc1nn(CCCN2CCN(c3cccc(Cl)c3)CC2)c(=O)n1CCOc1ccccc1.CCc1nn(CCCN2CCN(c3cccc(Cl)c3)CC2)c(=O)n1CCOc1ccccc1.Cl.Cl. The molecule has 4 aromatic carbocycles. The molecule has 2 fully saturated rings. The van der Waals surface area contributed by atoms with Crippen LogP contribution in [0.2, 0.25) is 10.0 Å². The number of halogens is 4. The van der Waals surface area contributed by atoms with Gasteiger partial charge in [0.05, 0.1) is 13.1 Å². The van der Waals surface area contributed by atoms with Gasteiger partial charge in [-0.25, -0.2) is 19.0 Å². The van der Waals surface area contributed by atoms with E-state index >= 15 is 0 Å². The minimum Gasteiger partial charge on any atom is -0.492 e. The zero-order valence-electron chi connectivity index (χ0n) is 39.2. The summed E-state index contributed by atoms with van der Waals surface area (Å²) in [5.74, 6) is 3.25. The lowest BCUT2D eigenvalue weighted by molar-refractivity contribution is 0.248. The van der Waals surface area contributed by atoms with Gasteiger partial charge in [-0.3, -0.25) is 18.9 Å². The van der Waals surface area contributed by atoms with E-state index in [0.717, 1.165) is 124 Å². The second-order valence-electron chi connectivity index (χ2n) is 16.5. The van der Waals surface area contributed by atoms with E-state index in [4.69, 9.17) is 32.7 Å². The second kappa shape index (κ2) is 27.9. The van der Waals surface area contributed by atoms with Crippen molar-refractivity contribution in [3.05, 3.63) is 152 Å². The summed E-state index contributed by atoms with van der Waals surface area (Å²) in [4.78, 5) is 35.4. The Morgan fingerprint density at radius 2 is 0.868 bits per heavy atom. The Kier molecular flexibility index (Phi) is 22.1. The molecule has 0 aliphatic carbocycles. The maximum Gasteiger partial charge on any atom is 0.346 e. The molecule has 2 aromatic heterocycles. The van der Waals surface area contributed by atoms with Crippen molar-refractivity contribution < 1.29 is 9.47 Å². The zero-order valence-corrected chi connectivity index (χ0v) is 42.4. The third kappa shape index (κ3) is 15.5. The second-order valence-corrected chi connectivity index (χ2v) is 17.4. The number of aryl methyl sites for hydroxylation is 4. The first-order valence-electron chi connectivity index (χ1n) is 23.4. The van der Waals surface area contributed by atoms with Crippen LogP contribution in [0.25, 0.3) is 0 Å². The molecule has 6 aromatic rings. The molecule has 14 nitrogen and oxygen atoms in total. The largest absolute Gasteiger partial charge is 0.492 e. The molecule has 18 heteroatoms. The molecule has 8 rings (SSSR count). The molecule has 2 aliphatic rings. The fourth-order valence-corrected chi connectivity index (χ4v) is 8.84. The van der Waals surface area contributed by atoms with Crippen LogP contribution in [0.1, 0.15) is 38.3 Å². The van der Waals surface area contributed by atoms with Gasteiger partial charge in [-0.05, 0) is 73.5 Å². The molecule has 0 bridgehead atoms. The van der Waals surface area contributed by atoms with Gasteiger partial charge >= 0.3 is 11.4 Å². The first kappa shape index (κ1) is 54.0. The number of anilines is 2. The van der Waals surface area contributed by atoms with Gasteiger partial charge in [-0.15, -0.1) is 24.8 Å². The average molecular weight is 1010 g/mol. The van der Waals surface area contributed by atoms with E-state index in [1.807, 2.05) is 111 Å². The summed E-state index contributed by atoms with van der Waals surface area (Å²) < 4.78 is 18.2. The molecule has 0 amide bonds. The molecule has 0 atom stereocenters. The zero-order chi connectivity index (χ0) is 46.1. The van der Waals surface area contributed by atoms with Crippen molar-refractivity contribution in [2.75, 3.05) is 88.5 Å². The highest BCUT2D eigenvalue weighted by Crippen LogP contribution is 2.22. The molecular formula is C50H66Cl4N10O4. The highest BCUT2D eigenvalue weighted by atomic mass is 35.5. The fourth-order valence-electron chi connectivity index (χ4n) is 8.47. The van der Waals surface area contributed by atoms with E-state index in [1.165, 1.54) is 11.4 Å². The van der Waals surface area contributed by atoms with Crippen molar-refractivity contribution in [1.82, 2.24) is 38.5 Å². The molecule has 368 valence electrons. The molecule has 0 radical (unpaired) electrons. The highest BCUT2D eigenvalue weighted by Gasteiger charge is 2.20. The first-order valence-corrected chi connectivity index (χ1v) is 24.2. The monoisotopic (exact) mass is 1010 g/mol. The van der Waals surface area contributed by atoms with Crippen LogP contribution in [-0.2, 0) is 39.0 Å². The minimum absolute atomic E-state index is 0. The summed E-state index contributed by atoms with van der Waals surface area (Å²) in [7, 11) is 0. The quantitative estimate of drug-likeness (QED) is 0.0748. The Morgan fingerprint density at radius 3 is 1.22 bits per heavy atom. The number of hydrogen-bond acceptors (Lipinski definition) is 10. The summed E-state index contributed by atoms with van der Waals surface area (Å²) in [6.07, 6.45) is 3.24. The van der Waals surface area contributed by atoms with Gasteiger partial charge in [-0.2, -0.15) is 10.2 Å². The first-order chi connectivity index (χ1) is 32.3. The number of ether oxygens (including phenoxy) is 2. The Balaban J connectivity index is 0.000000247. The molecule has 0 saturated carbocycles. The van der Waals surface area contributed by atoms with Crippen molar-refractivity contribution >= 4 is 59.4 Å². The van der Waals surface area contributed by atoms with E-state index in [-0.39, 0.29) is 36.2 Å². The Morgan fingerprint density at radius 1 is 0.485 bits per heavy atom. The van der Waals surface area contributed by atoms with Crippen LogP contribution in [-0.4, -0.2) is 117 Å². The van der Waals surface area contributed by atoms with Crippen molar-refractivity contribution in [3.8, 4) is 11.5 Å². The Bertz CT molecular complexity index is 2330. The summed E-state index contributed by atoms with van der Waals surface area (Å²) in [5, 5.41) is 10.7. The van der Waals surface area contributed by atoms with Gasteiger partial charge < -0.3 is 19.3 Å². The van der Waals surface area contributed by atoms with Gasteiger partial charge in [0.25, 0.3) is 0 Å². The van der Waals surface area contributed by atoms with E-state index < -0.39 is 0 Å². The maximum atomic E-state index is 12.9. The number of para-hydroxylation sites is 2. The van der Waals surface area contributed by atoms with E-state index in [2.05, 4.69) is 41.9 Å². The van der Waals surface area contributed by atoms with Crippen LogP contribution in [0.3, 0.4) is 0 Å². The molecule has 0 spiro atoms. The van der Waals surface area contributed by atoms with Gasteiger partial charge in [0.2, 0.25) is 0 Å². The summed E-state index contributed by atoms with van der Waals surface area (Å²) in [6, 6.07) is 35.4. The molecule has 68 heavy (non-hydrogen) atoms. The van der Waals surface area contributed by atoms with Crippen LogP contribution in [0.5, 0.6) is 11.5 Å². The van der Waals surface area contributed by atoms with Crippen molar-refractivity contribution in [2.24, 2.45) is 0 Å². The lowest BCUT2D eigenvalue weighted by Crippen LogP contribution is -2.46. The highest BCUT2D eigenvalue weighted by molar-refractivity contribution is 6.31. The van der Waals surface area contributed by atoms with Gasteiger partial charge in [-0.1, -0.05) is 85.6 Å². The van der Waals surface area contributed by atoms with Crippen molar-refractivity contribution in [2.45, 2.75) is 65.7 Å². The molecule has 0 unspecified atom stereocenters. The number of nitrogens with zero attached hydrogens (tertiary/aromatic N) is 10.